The molecular weight excluding hydrogens is 263 g/mol. The van der Waals surface area contributed by atoms with Crippen LogP contribution in [0.5, 0.6) is 0 Å². The molecule has 0 aliphatic carbocycles. The zero-order valence-electron chi connectivity index (χ0n) is 10.8. The third-order valence-electron chi connectivity index (χ3n) is 2.69. The molecule has 0 spiro atoms. The Balaban J connectivity index is 1.84. The summed E-state index contributed by atoms with van der Waals surface area (Å²) in [7, 11) is 0. The van der Waals surface area contributed by atoms with E-state index in [2.05, 4.69) is 15.6 Å². The van der Waals surface area contributed by atoms with Gasteiger partial charge in [0, 0.05) is 31.3 Å². The number of amides is 1. The van der Waals surface area contributed by atoms with Crippen LogP contribution in [0.25, 0.3) is 0 Å². The van der Waals surface area contributed by atoms with Gasteiger partial charge in [-0.2, -0.15) is 0 Å². The second-order valence-electron chi connectivity index (χ2n) is 4.25. The predicted molar refractivity (Wildman–Crippen MR) is 69.1 cm³/mol. The number of nitrogens with one attached hydrogen (secondary N) is 1. The van der Waals surface area contributed by atoms with Gasteiger partial charge in [0.15, 0.2) is 0 Å². The first kappa shape index (κ1) is 14.1. The monoisotopic (exact) mass is 278 g/mol. The molecule has 7 heteroatoms. The van der Waals surface area contributed by atoms with Gasteiger partial charge in [0.05, 0.1) is 5.69 Å². The number of benzene rings is 1. The molecule has 0 saturated carbocycles. The van der Waals surface area contributed by atoms with Crippen molar-refractivity contribution in [3.63, 3.8) is 0 Å². The summed E-state index contributed by atoms with van der Waals surface area (Å²) in [6, 6.07) is 6.27. The van der Waals surface area contributed by atoms with E-state index in [0.717, 1.165) is 0 Å². The molecule has 0 unspecified atom stereocenters. The van der Waals surface area contributed by atoms with E-state index in [4.69, 9.17) is 5.11 Å². The van der Waals surface area contributed by atoms with Gasteiger partial charge in [0.1, 0.15) is 12.4 Å². The third kappa shape index (κ3) is 3.86. The summed E-state index contributed by atoms with van der Waals surface area (Å²) in [6.07, 6.45) is 2.00. The topological polar surface area (TPSA) is 80.0 Å². The van der Waals surface area contributed by atoms with Crippen molar-refractivity contribution in [2.75, 3.05) is 6.61 Å². The molecule has 0 bridgehead atoms. The van der Waals surface area contributed by atoms with Gasteiger partial charge in [-0.1, -0.05) is 23.4 Å². The Hall–Kier alpha value is -2.28. The number of carbonyl (C=O) groups excluding carboxylic acids is 1. The maximum atomic E-state index is 13.4. The minimum Gasteiger partial charge on any atom is -0.396 e. The molecule has 0 aliphatic rings. The number of aliphatic hydroxyl groups excluding tert-OH is 1. The Morgan fingerprint density at radius 3 is 2.95 bits per heavy atom. The van der Waals surface area contributed by atoms with Gasteiger partial charge in [-0.3, -0.25) is 4.79 Å². The largest absolute Gasteiger partial charge is 0.396 e. The molecule has 2 N–H and O–H groups in total. The molecule has 0 radical (unpaired) electrons. The van der Waals surface area contributed by atoms with Crippen molar-refractivity contribution in [3.05, 3.63) is 47.5 Å². The number of hydrogen-bond acceptors (Lipinski definition) is 4. The SMILES string of the molecule is O=C(Cn1cc(CCO)nn1)NCc1ccccc1F. The summed E-state index contributed by atoms with van der Waals surface area (Å²) in [4.78, 5) is 11.7. The first-order valence-corrected chi connectivity index (χ1v) is 6.19. The number of carbonyl (C=O) groups is 1. The molecule has 1 heterocycles. The summed E-state index contributed by atoms with van der Waals surface area (Å²) in [6.45, 7) is 0.120. The number of rotatable bonds is 6. The lowest BCUT2D eigenvalue weighted by molar-refractivity contribution is -0.122. The lowest BCUT2D eigenvalue weighted by Gasteiger charge is -2.05. The zero-order valence-corrected chi connectivity index (χ0v) is 10.8. The number of halogens is 1. The lowest BCUT2D eigenvalue weighted by atomic mass is 10.2. The van der Waals surface area contributed by atoms with E-state index >= 15 is 0 Å². The molecule has 0 fully saturated rings. The van der Waals surface area contributed by atoms with Crippen LogP contribution in [0.3, 0.4) is 0 Å². The van der Waals surface area contributed by atoms with E-state index in [1.807, 2.05) is 0 Å². The Kier molecular flexibility index (Phi) is 4.78. The lowest BCUT2D eigenvalue weighted by Crippen LogP contribution is -2.27. The van der Waals surface area contributed by atoms with Gasteiger partial charge in [-0.25, -0.2) is 9.07 Å². The maximum Gasteiger partial charge on any atom is 0.242 e. The highest BCUT2D eigenvalue weighted by Gasteiger charge is 2.07. The molecule has 0 saturated heterocycles. The number of nitrogens with zero attached hydrogens (tertiary/aromatic N) is 3. The van der Waals surface area contributed by atoms with E-state index in [9.17, 15) is 9.18 Å². The van der Waals surface area contributed by atoms with Crippen LogP contribution in [-0.4, -0.2) is 32.6 Å². The van der Waals surface area contributed by atoms with Crippen molar-refractivity contribution in [1.82, 2.24) is 20.3 Å². The second-order valence-corrected chi connectivity index (χ2v) is 4.25. The molecule has 2 aromatic rings. The van der Waals surface area contributed by atoms with E-state index in [1.165, 1.54) is 10.7 Å². The van der Waals surface area contributed by atoms with Crippen molar-refractivity contribution in [1.29, 1.82) is 0 Å². The fraction of sp³-hybridized carbons (Fsp3) is 0.308. The number of aliphatic hydroxyl groups is 1. The fourth-order valence-corrected chi connectivity index (χ4v) is 1.68. The first-order valence-electron chi connectivity index (χ1n) is 6.19. The van der Waals surface area contributed by atoms with Crippen molar-refractivity contribution in [2.24, 2.45) is 0 Å². The average Bonchev–Trinajstić information content (AvgIpc) is 2.85. The van der Waals surface area contributed by atoms with Gasteiger partial charge >= 0.3 is 0 Å². The summed E-state index contributed by atoms with van der Waals surface area (Å²) in [5.74, 6) is -0.632. The van der Waals surface area contributed by atoms with Crippen LogP contribution in [-0.2, 0) is 24.3 Å². The van der Waals surface area contributed by atoms with Gasteiger partial charge in [0.2, 0.25) is 5.91 Å². The summed E-state index contributed by atoms with van der Waals surface area (Å²) < 4.78 is 14.7. The van der Waals surface area contributed by atoms with Crippen molar-refractivity contribution >= 4 is 5.91 Å². The predicted octanol–water partition coefficient (Wildman–Crippen LogP) is 0.268. The molecule has 1 amide bonds. The Morgan fingerprint density at radius 2 is 2.20 bits per heavy atom. The van der Waals surface area contributed by atoms with E-state index in [1.54, 1.807) is 24.4 Å². The summed E-state index contributed by atoms with van der Waals surface area (Å²) >= 11 is 0. The maximum absolute atomic E-state index is 13.4. The highest BCUT2D eigenvalue weighted by molar-refractivity contribution is 5.75. The molecule has 1 aromatic carbocycles. The molecule has 1 aromatic heterocycles. The van der Waals surface area contributed by atoms with E-state index in [0.29, 0.717) is 17.7 Å². The normalized spacial score (nSPS) is 10.5. The fourth-order valence-electron chi connectivity index (χ4n) is 1.68. The minimum absolute atomic E-state index is 0.00683. The van der Waals surface area contributed by atoms with Gasteiger partial charge < -0.3 is 10.4 Å². The Morgan fingerprint density at radius 1 is 1.40 bits per heavy atom. The van der Waals surface area contributed by atoms with Crippen molar-refractivity contribution in [3.8, 4) is 0 Å². The van der Waals surface area contributed by atoms with Crippen molar-refractivity contribution < 1.29 is 14.3 Å². The van der Waals surface area contributed by atoms with Crippen LogP contribution in [0.2, 0.25) is 0 Å². The summed E-state index contributed by atoms with van der Waals surface area (Å²) in [5.41, 5.74) is 1.05. The van der Waals surface area contributed by atoms with Crippen LogP contribution in [0.15, 0.2) is 30.5 Å². The van der Waals surface area contributed by atoms with Gasteiger partial charge in [-0.05, 0) is 6.07 Å². The highest BCUT2D eigenvalue weighted by Crippen LogP contribution is 2.05. The minimum atomic E-state index is -0.348. The third-order valence-corrected chi connectivity index (χ3v) is 2.69. The number of hydrogen-bond donors (Lipinski definition) is 2. The van der Waals surface area contributed by atoms with Crippen LogP contribution < -0.4 is 5.32 Å². The molecule has 0 aliphatic heterocycles. The molecule has 20 heavy (non-hydrogen) atoms. The zero-order chi connectivity index (χ0) is 14.4. The molecule has 6 nitrogen and oxygen atoms in total. The van der Waals surface area contributed by atoms with Crippen LogP contribution in [0.1, 0.15) is 11.3 Å². The van der Waals surface area contributed by atoms with Crippen LogP contribution in [0.4, 0.5) is 4.39 Å². The quantitative estimate of drug-likeness (QED) is 0.795. The Labute approximate surface area is 115 Å². The average molecular weight is 278 g/mol. The molecule has 2 rings (SSSR count). The molecular formula is C13H15FN4O2. The van der Waals surface area contributed by atoms with E-state index < -0.39 is 0 Å². The number of aromatic nitrogens is 3. The van der Waals surface area contributed by atoms with Gasteiger partial charge in [0.25, 0.3) is 0 Å². The smallest absolute Gasteiger partial charge is 0.242 e. The van der Waals surface area contributed by atoms with Gasteiger partial charge in [-0.15, -0.1) is 5.10 Å². The highest BCUT2D eigenvalue weighted by atomic mass is 19.1. The second kappa shape index (κ2) is 6.76. The van der Waals surface area contributed by atoms with E-state index in [-0.39, 0.29) is 31.4 Å². The van der Waals surface area contributed by atoms with Crippen LogP contribution >= 0.6 is 0 Å². The first-order chi connectivity index (χ1) is 9.69. The molecule has 106 valence electrons. The Bertz CT molecular complexity index is 585. The standard InChI is InChI=1S/C13H15FN4O2/c14-12-4-2-1-3-10(12)7-15-13(20)9-18-8-11(5-6-19)16-17-18/h1-4,8,19H,5-7,9H2,(H,15,20). The molecule has 0 atom stereocenters. The van der Waals surface area contributed by atoms with Crippen molar-refractivity contribution in [2.45, 2.75) is 19.5 Å². The summed E-state index contributed by atoms with van der Waals surface area (Å²) in [5, 5.41) is 18.9. The van der Waals surface area contributed by atoms with Crippen LogP contribution in [0, 0.1) is 5.82 Å².